The van der Waals surface area contributed by atoms with Gasteiger partial charge in [-0.2, -0.15) is 0 Å². The van der Waals surface area contributed by atoms with Gasteiger partial charge in [-0.05, 0) is 99.3 Å². The molecule has 0 saturated heterocycles. The number of hydrogen-bond donors (Lipinski definition) is 1. The lowest BCUT2D eigenvalue weighted by atomic mass is 10.1. The van der Waals surface area contributed by atoms with Crippen molar-refractivity contribution < 1.29 is 4.79 Å². The highest BCUT2D eigenvalue weighted by molar-refractivity contribution is 7.99. The van der Waals surface area contributed by atoms with Gasteiger partial charge < -0.3 is 5.32 Å². The maximum absolute atomic E-state index is 13.0. The molecule has 0 unspecified atom stereocenters. The predicted octanol–water partition coefficient (Wildman–Crippen LogP) is 5.50. The fourth-order valence-electron chi connectivity index (χ4n) is 3.96. The summed E-state index contributed by atoms with van der Waals surface area (Å²) in [6, 6.07) is 23.7. The number of nitrogens with one attached hydrogen (secondary N) is 1. The Hall–Kier alpha value is -4.30. The zero-order valence-corrected chi connectivity index (χ0v) is 20.8. The number of aryl methyl sites for hydroxylation is 3. The van der Waals surface area contributed by atoms with Crippen molar-refractivity contribution >= 4 is 34.3 Å². The molecule has 5 aromatic rings. The maximum atomic E-state index is 13.0. The normalized spacial score (nSPS) is 11.0. The molecular weight excluding hydrogens is 470 g/mol. The quantitative estimate of drug-likeness (QED) is 0.325. The van der Waals surface area contributed by atoms with E-state index >= 15 is 0 Å². The summed E-state index contributed by atoms with van der Waals surface area (Å²) < 4.78 is 1.56. The van der Waals surface area contributed by atoms with Gasteiger partial charge in [0.05, 0.1) is 16.6 Å². The molecule has 2 aromatic heterocycles. The molecule has 1 amide bonds. The topological polar surface area (TPSA) is 89.8 Å². The molecular formula is C28H23N5O2S. The Morgan fingerprint density at radius 3 is 2.19 bits per heavy atom. The van der Waals surface area contributed by atoms with Crippen LogP contribution in [0.25, 0.3) is 16.6 Å². The van der Waals surface area contributed by atoms with Crippen molar-refractivity contribution in [1.29, 1.82) is 0 Å². The van der Waals surface area contributed by atoms with E-state index in [1.807, 2.05) is 62.4 Å². The molecule has 0 radical (unpaired) electrons. The predicted molar refractivity (Wildman–Crippen MR) is 142 cm³/mol. The average Bonchev–Trinajstić information content (AvgIpc) is 2.85. The number of aromatic nitrogens is 4. The number of fused-ring (bicyclic) bond motifs is 1. The average molecular weight is 494 g/mol. The highest BCUT2D eigenvalue weighted by Crippen LogP contribution is 2.26. The molecule has 8 heteroatoms. The standard InChI is InChI=1S/C28H23N5O2S/c1-17-16-18(2)30-28(29-17)36-23-14-10-21(11-15-23)32-26(34)20-8-12-22(13-9-20)33-19(3)31-25-7-5-4-6-24(25)27(33)35/h4-16H,1-3H3,(H,32,34). The van der Waals surface area contributed by atoms with Crippen molar-refractivity contribution in [2.75, 3.05) is 5.32 Å². The third-order valence-corrected chi connectivity index (χ3v) is 6.49. The van der Waals surface area contributed by atoms with Crippen LogP contribution in [-0.2, 0) is 0 Å². The SMILES string of the molecule is Cc1cc(C)nc(Sc2ccc(NC(=O)c3ccc(-n4c(C)nc5ccccc5c4=O)cc3)cc2)n1. The van der Waals surface area contributed by atoms with Crippen LogP contribution in [0.5, 0.6) is 0 Å². The van der Waals surface area contributed by atoms with Gasteiger partial charge in [0.2, 0.25) is 0 Å². The van der Waals surface area contributed by atoms with Crippen LogP contribution in [0.3, 0.4) is 0 Å². The Morgan fingerprint density at radius 1 is 0.833 bits per heavy atom. The Labute approximate surface area is 212 Å². The van der Waals surface area contributed by atoms with Crippen LogP contribution in [0.1, 0.15) is 27.6 Å². The molecule has 0 spiro atoms. The van der Waals surface area contributed by atoms with E-state index in [1.165, 1.54) is 11.8 Å². The van der Waals surface area contributed by atoms with E-state index < -0.39 is 0 Å². The lowest BCUT2D eigenvalue weighted by Gasteiger charge is -2.12. The number of hydrogen-bond acceptors (Lipinski definition) is 6. The molecule has 36 heavy (non-hydrogen) atoms. The van der Waals surface area contributed by atoms with Gasteiger partial charge in [0.15, 0.2) is 5.16 Å². The number of anilines is 1. The van der Waals surface area contributed by atoms with Gasteiger partial charge in [-0.1, -0.05) is 12.1 Å². The van der Waals surface area contributed by atoms with Crippen molar-refractivity contribution in [3.05, 3.63) is 112 Å². The third-order valence-electron chi connectivity index (χ3n) is 5.61. The number of benzene rings is 3. The molecule has 0 aliphatic heterocycles. The summed E-state index contributed by atoms with van der Waals surface area (Å²) in [5.41, 5.74) is 4.20. The fourth-order valence-corrected chi connectivity index (χ4v) is 4.83. The van der Waals surface area contributed by atoms with Crippen LogP contribution < -0.4 is 10.9 Å². The summed E-state index contributed by atoms with van der Waals surface area (Å²) >= 11 is 1.47. The molecule has 3 aromatic carbocycles. The monoisotopic (exact) mass is 493 g/mol. The molecule has 0 saturated carbocycles. The lowest BCUT2D eigenvalue weighted by molar-refractivity contribution is 0.102. The molecule has 5 rings (SSSR count). The van der Waals surface area contributed by atoms with Gasteiger partial charge in [-0.15, -0.1) is 0 Å². The minimum atomic E-state index is -0.236. The van der Waals surface area contributed by atoms with Gasteiger partial charge in [0.25, 0.3) is 11.5 Å². The Balaban J connectivity index is 1.30. The Bertz CT molecular complexity index is 1620. The minimum absolute atomic E-state index is 0.139. The van der Waals surface area contributed by atoms with Gasteiger partial charge in [-0.3, -0.25) is 14.2 Å². The molecule has 0 aliphatic rings. The van der Waals surface area contributed by atoms with Gasteiger partial charge in [0, 0.05) is 27.5 Å². The van der Waals surface area contributed by atoms with Gasteiger partial charge in [-0.25, -0.2) is 15.0 Å². The first-order valence-electron chi connectivity index (χ1n) is 11.4. The second-order valence-corrected chi connectivity index (χ2v) is 9.42. The van der Waals surface area contributed by atoms with Crippen molar-refractivity contribution in [3.63, 3.8) is 0 Å². The van der Waals surface area contributed by atoms with Crippen LogP contribution in [-0.4, -0.2) is 25.4 Å². The van der Waals surface area contributed by atoms with E-state index in [9.17, 15) is 9.59 Å². The molecule has 0 bridgehead atoms. The molecule has 7 nitrogen and oxygen atoms in total. The van der Waals surface area contributed by atoms with Crippen LogP contribution in [0.4, 0.5) is 5.69 Å². The first-order valence-corrected chi connectivity index (χ1v) is 12.2. The number of nitrogens with zero attached hydrogens (tertiary/aromatic N) is 4. The van der Waals surface area contributed by atoms with Crippen LogP contribution >= 0.6 is 11.8 Å². The highest BCUT2D eigenvalue weighted by atomic mass is 32.2. The van der Waals surface area contributed by atoms with E-state index in [2.05, 4.69) is 20.3 Å². The van der Waals surface area contributed by atoms with E-state index in [4.69, 9.17) is 0 Å². The van der Waals surface area contributed by atoms with Gasteiger partial charge >= 0.3 is 0 Å². The third kappa shape index (κ3) is 4.89. The van der Waals surface area contributed by atoms with Crippen molar-refractivity contribution in [1.82, 2.24) is 19.5 Å². The largest absolute Gasteiger partial charge is 0.322 e. The summed E-state index contributed by atoms with van der Waals surface area (Å²) in [5.74, 6) is 0.348. The minimum Gasteiger partial charge on any atom is -0.322 e. The maximum Gasteiger partial charge on any atom is 0.265 e. The molecule has 0 aliphatic carbocycles. The Morgan fingerprint density at radius 2 is 1.50 bits per heavy atom. The smallest absolute Gasteiger partial charge is 0.265 e. The molecule has 2 heterocycles. The first kappa shape index (κ1) is 23.4. The van der Waals surface area contributed by atoms with E-state index in [0.717, 1.165) is 16.3 Å². The van der Waals surface area contributed by atoms with E-state index in [-0.39, 0.29) is 11.5 Å². The summed E-state index contributed by atoms with van der Waals surface area (Å²) in [5, 5.41) is 4.16. The summed E-state index contributed by atoms with van der Waals surface area (Å²) in [7, 11) is 0. The van der Waals surface area contributed by atoms with Crippen LogP contribution in [0.2, 0.25) is 0 Å². The fraction of sp³-hybridized carbons (Fsp3) is 0.107. The number of para-hydroxylation sites is 1. The molecule has 178 valence electrons. The first-order chi connectivity index (χ1) is 17.4. The highest BCUT2D eigenvalue weighted by Gasteiger charge is 2.12. The van der Waals surface area contributed by atoms with Crippen LogP contribution in [0, 0.1) is 20.8 Å². The number of carbonyl (C=O) groups excluding carboxylic acids is 1. The van der Waals surface area contributed by atoms with Crippen LogP contribution in [0.15, 0.2) is 93.7 Å². The zero-order valence-electron chi connectivity index (χ0n) is 20.0. The lowest BCUT2D eigenvalue weighted by Crippen LogP contribution is -2.22. The van der Waals surface area contributed by atoms with Crippen molar-refractivity contribution in [2.24, 2.45) is 0 Å². The van der Waals surface area contributed by atoms with Crippen molar-refractivity contribution in [2.45, 2.75) is 30.8 Å². The van der Waals surface area contributed by atoms with E-state index in [0.29, 0.717) is 38.8 Å². The van der Waals surface area contributed by atoms with E-state index in [1.54, 1.807) is 41.8 Å². The Kier molecular flexibility index (Phi) is 6.35. The van der Waals surface area contributed by atoms with Crippen molar-refractivity contribution in [3.8, 4) is 5.69 Å². The second-order valence-electron chi connectivity index (χ2n) is 8.38. The van der Waals surface area contributed by atoms with Gasteiger partial charge in [0.1, 0.15) is 5.82 Å². The number of carbonyl (C=O) groups is 1. The summed E-state index contributed by atoms with van der Waals surface area (Å²) in [4.78, 5) is 40.2. The second kappa shape index (κ2) is 9.75. The molecule has 1 N–H and O–H groups in total. The zero-order chi connectivity index (χ0) is 25.2. The molecule has 0 atom stereocenters. The summed E-state index contributed by atoms with van der Waals surface area (Å²) in [6.07, 6.45) is 0. The number of amides is 1. The summed E-state index contributed by atoms with van der Waals surface area (Å²) in [6.45, 7) is 5.69. The molecule has 0 fully saturated rings. The number of rotatable bonds is 5.